The van der Waals surface area contributed by atoms with E-state index in [0.29, 0.717) is 6.54 Å². The minimum atomic E-state index is 0.700. The van der Waals surface area contributed by atoms with E-state index in [9.17, 15) is 0 Å². The first-order valence-electron chi connectivity index (χ1n) is 9.64. The van der Waals surface area contributed by atoms with Crippen LogP contribution in [0.5, 0.6) is 0 Å². The topological polar surface area (TPSA) is 31.6 Å². The third kappa shape index (κ3) is 5.58. The van der Waals surface area contributed by atoms with E-state index in [4.69, 9.17) is 16.6 Å². The van der Waals surface area contributed by atoms with Gasteiger partial charge in [-0.25, -0.2) is 0 Å². The highest BCUT2D eigenvalue weighted by Crippen LogP contribution is 2.14. The van der Waals surface area contributed by atoms with Gasteiger partial charge in [0.05, 0.1) is 12.8 Å². The third-order valence-electron chi connectivity index (χ3n) is 4.93. The zero-order chi connectivity index (χ0) is 18.2. The van der Waals surface area contributed by atoms with Gasteiger partial charge in [-0.3, -0.25) is 0 Å². The molecule has 4 nitrogen and oxygen atoms in total. The maximum Gasteiger partial charge on any atom is 0.173 e. The number of rotatable bonds is 8. The van der Waals surface area contributed by atoms with Crippen molar-refractivity contribution in [1.29, 1.82) is 0 Å². The van der Waals surface area contributed by atoms with Crippen molar-refractivity contribution in [1.82, 2.24) is 9.80 Å². The Kier molecular flexibility index (Phi) is 7.09. The molecule has 1 fully saturated rings. The lowest BCUT2D eigenvalue weighted by molar-refractivity contribution is 0.298. The molecule has 0 spiro atoms. The van der Waals surface area contributed by atoms with E-state index in [2.05, 4.69) is 46.3 Å². The minimum Gasteiger partial charge on any atom is -0.467 e. The normalized spacial score (nSPS) is 14.5. The van der Waals surface area contributed by atoms with Gasteiger partial charge in [0.2, 0.25) is 0 Å². The van der Waals surface area contributed by atoms with Crippen LogP contribution in [-0.2, 0) is 13.0 Å². The molecule has 1 saturated heterocycles. The van der Waals surface area contributed by atoms with Gasteiger partial charge in [0, 0.05) is 12.2 Å². The molecular weight excluding hydrogens is 342 g/mol. The second-order valence-electron chi connectivity index (χ2n) is 6.88. The SMILES string of the molecule is CCc1ccc(NC(=S)N(CCCN2CCCC2)Cc2ccco2)cc1. The maximum absolute atomic E-state index is 5.70. The van der Waals surface area contributed by atoms with Crippen LogP contribution in [0.15, 0.2) is 47.1 Å². The van der Waals surface area contributed by atoms with Crippen molar-refractivity contribution in [2.24, 2.45) is 0 Å². The van der Waals surface area contributed by atoms with Crippen LogP contribution in [-0.4, -0.2) is 41.1 Å². The molecule has 0 bridgehead atoms. The van der Waals surface area contributed by atoms with E-state index in [1.165, 1.54) is 31.5 Å². The summed E-state index contributed by atoms with van der Waals surface area (Å²) in [5, 5.41) is 4.14. The van der Waals surface area contributed by atoms with E-state index in [1.54, 1.807) is 6.26 Å². The van der Waals surface area contributed by atoms with Crippen molar-refractivity contribution in [2.45, 2.75) is 39.2 Å². The standard InChI is InChI=1S/C21H29N3OS/c1-2-18-8-10-19(11-9-18)22-21(26)24(17-20-7-5-16-25-20)15-6-14-23-12-3-4-13-23/h5,7-11,16H,2-4,6,12-15,17H2,1H3,(H,22,26). The smallest absolute Gasteiger partial charge is 0.173 e. The Labute approximate surface area is 162 Å². The first kappa shape index (κ1) is 18.9. The molecule has 0 amide bonds. The number of furan rings is 1. The van der Waals surface area contributed by atoms with Crippen LogP contribution >= 0.6 is 12.2 Å². The number of aryl methyl sites for hydroxylation is 1. The van der Waals surface area contributed by atoms with E-state index >= 15 is 0 Å². The van der Waals surface area contributed by atoms with Crippen molar-refractivity contribution in [2.75, 3.05) is 31.5 Å². The predicted octanol–water partition coefficient (Wildman–Crippen LogP) is 4.53. The van der Waals surface area contributed by atoms with Gasteiger partial charge in [0.15, 0.2) is 5.11 Å². The van der Waals surface area contributed by atoms with E-state index in [0.717, 1.165) is 42.5 Å². The largest absolute Gasteiger partial charge is 0.467 e. The molecule has 140 valence electrons. The summed E-state index contributed by atoms with van der Waals surface area (Å²) in [4.78, 5) is 4.75. The minimum absolute atomic E-state index is 0.700. The van der Waals surface area contributed by atoms with Crippen molar-refractivity contribution in [3.63, 3.8) is 0 Å². The quantitative estimate of drug-likeness (QED) is 0.689. The molecule has 26 heavy (non-hydrogen) atoms. The van der Waals surface area contributed by atoms with Gasteiger partial charge in [-0.1, -0.05) is 19.1 Å². The van der Waals surface area contributed by atoms with Gasteiger partial charge in [-0.2, -0.15) is 0 Å². The van der Waals surface area contributed by atoms with Crippen LogP contribution < -0.4 is 5.32 Å². The van der Waals surface area contributed by atoms with Crippen molar-refractivity contribution in [3.05, 3.63) is 54.0 Å². The lowest BCUT2D eigenvalue weighted by atomic mass is 10.1. The van der Waals surface area contributed by atoms with Crippen LogP contribution in [0.2, 0.25) is 0 Å². The third-order valence-corrected chi connectivity index (χ3v) is 5.29. The zero-order valence-electron chi connectivity index (χ0n) is 15.6. The number of nitrogens with zero attached hydrogens (tertiary/aromatic N) is 2. The second kappa shape index (κ2) is 9.74. The van der Waals surface area contributed by atoms with Crippen LogP contribution in [0.4, 0.5) is 5.69 Å². The summed E-state index contributed by atoms with van der Waals surface area (Å²) < 4.78 is 5.53. The Hall–Kier alpha value is -1.85. The lowest BCUT2D eigenvalue weighted by Crippen LogP contribution is -2.36. The number of anilines is 1. The van der Waals surface area contributed by atoms with Crippen LogP contribution in [0.1, 0.15) is 37.5 Å². The monoisotopic (exact) mass is 371 g/mol. The summed E-state index contributed by atoms with van der Waals surface area (Å²) in [6.07, 6.45) is 6.55. The average molecular weight is 372 g/mol. The van der Waals surface area contributed by atoms with E-state index in [-0.39, 0.29) is 0 Å². The van der Waals surface area contributed by atoms with Gasteiger partial charge < -0.3 is 19.5 Å². The fourth-order valence-corrected chi connectivity index (χ4v) is 3.63. The molecule has 2 heterocycles. The number of likely N-dealkylation sites (tertiary alicyclic amines) is 1. The van der Waals surface area contributed by atoms with Gasteiger partial charge in [-0.05, 0) is 87.4 Å². The molecule has 0 radical (unpaired) electrons. The Bertz CT molecular complexity index is 663. The van der Waals surface area contributed by atoms with Gasteiger partial charge in [-0.15, -0.1) is 0 Å². The molecule has 0 saturated carbocycles. The van der Waals surface area contributed by atoms with Crippen LogP contribution in [0, 0.1) is 0 Å². The Morgan fingerprint density at radius 2 is 1.96 bits per heavy atom. The lowest BCUT2D eigenvalue weighted by Gasteiger charge is -2.26. The summed E-state index contributed by atoms with van der Waals surface area (Å²) in [6, 6.07) is 12.4. The molecule has 1 aliphatic heterocycles. The molecule has 3 rings (SSSR count). The molecule has 1 aromatic heterocycles. The van der Waals surface area contributed by atoms with Gasteiger partial charge >= 0.3 is 0 Å². The summed E-state index contributed by atoms with van der Waals surface area (Å²) in [7, 11) is 0. The molecule has 1 aromatic carbocycles. The number of thiocarbonyl (C=S) groups is 1. The fourth-order valence-electron chi connectivity index (χ4n) is 3.36. The van der Waals surface area contributed by atoms with E-state index < -0.39 is 0 Å². The van der Waals surface area contributed by atoms with Crippen LogP contribution in [0.25, 0.3) is 0 Å². The molecule has 1 N–H and O–H groups in total. The van der Waals surface area contributed by atoms with Gasteiger partial charge in [0.1, 0.15) is 5.76 Å². The summed E-state index contributed by atoms with van der Waals surface area (Å²) in [5.41, 5.74) is 2.37. The van der Waals surface area contributed by atoms with Crippen molar-refractivity contribution < 1.29 is 4.42 Å². The highest BCUT2D eigenvalue weighted by atomic mass is 32.1. The first-order valence-corrected chi connectivity index (χ1v) is 10.0. The fraction of sp³-hybridized carbons (Fsp3) is 0.476. The molecule has 0 unspecified atom stereocenters. The molecule has 0 atom stereocenters. The van der Waals surface area contributed by atoms with Crippen LogP contribution in [0.3, 0.4) is 0 Å². The van der Waals surface area contributed by atoms with E-state index in [1.807, 2.05) is 12.1 Å². The first-order chi connectivity index (χ1) is 12.7. The summed E-state index contributed by atoms with van der Waals surface area (Å²) >= 11 is 5.70. The molecule has 0 aliphatic carbocycles. The number of nitrogens with one attached hydrogen (secondary N) is 1. The summed E-state index contributed by atoms with van der Waals surface area (Å²) in [6.45, 7) is 7.41. The molecule has 5 heteroatoms. The Morgan fingerprint density at radius 3 is 2.62 bits per heavy atom. The zero-order valence-corrected chi connectivity index (χ0v) is 16.4. The average Bonchev–Trinajstić information content (AvgIpc) is 3.35. The van der Waals surface area contributed by atoms with Crippen molar-refractivity contribution >= 4 is 23.0 Å². The number of hydrogen-bond donors (Lipinski definition) is 1. The Morgan fingerprint density at radius 1 is 1.19 bits per heavy atom. The Balaban J connectivity index is 1.57. The predicted molar refractivity (Wildman–Crippen MR) is 111 cm³/mol. The molecular formula is C21H29N3OS. The second-order valence-corrected chi connectivity index (χ2v) is 7.27. The highest BCUT2D eigenvalue weighted by molar-refractivity contribution is 7.80. The number of hydrogen-bond acceptors (Lipinski definition) is 3. The van der Waals surface area contributed by atoms with Crippen molar-refractivity contribution in [3.8, 4) is 0 Å². The summed E-state index contributed by atoms with van der Waals surface area (Å²) in [5.74, 6) is 0.941. The molecule has 1 aliphatic rings. The molecule has 2 aromatic rings. The highest BCUT2D eigenvalue weighted by Gasteiger charge is 2.15. The maximum atomic E-state index is 5.70. The number of benzene rings is 1. The van der Waals surface area contributed by atoms with Gasteiger partial charge in [0.25, 0.3) is 0 Å².